The lowest BCUT2D eigenvalue weighted by molar-refractivity contribution is -0.428. The second kappa shape index (κ2) is 15.2. The first-order chi connectivity index (χ1) is 12.0. The van der Waals surface area contributed by atoms with Crippen molar-refractivity contribution in [1.82, 2.24) is 0 Å². The maximum absolute atomic E-state index is 11.0. The molecule has 0 aliphatic heterocycles. The third-order valence-corrected chi connectivity index (χ3v) is 3.61. The van der Waals surface area contributed by atoms with Crippen LogP contribution in [0.4, 0.5) is 0 Å². The van der Waals surface area contributed by atoms with Crippen molar-refractivity contribution < 1.29 is 14.6 Å². The molecule has 0 saturated heterocycles. The van der Waals surface area contributed by atoms with Gasteiger partial charge in [0.2, 0.25) is 11.4 Å². The molecule has 25 heavy (non-hydrogen) atoms. The number of nitro groups is 2. The van der Waals surface area contributed by atoms with Crippen LogP contribution < -0.4 is 0 Å². The normalized spacial score (nSPS) is 12.5. The van der Waals surface area contributed by atoms with E-state index >= 15 is 0 Å². The number of unbranched alkanes of at least 4 members (excludes halogenated alkanes) is 5. The summed E-state index contributed by atoms with van der Waals surface area (Å²) in [5.41, 5.74) is 0.0706. The van der Waals surface area contributed by atoms with E-state index in [1.165, 1.54) is 12.2 Å². The molecule has 0 aliphatic carbocycles. The van der Waals surface area contributed by atoms with E-state index < -0.39 is 9.85 Å². The Morgan fingerprint density at radius 1 is 0.960 bits per heavy atom. The van der Waals surface area contributed by atoms with Crippen LogP contribution in [0.15, 0.2) is 35.7 Å². The fourth-order valence-corrected chi connectivity index (χ4v) is 2.17. The minimum Gasteiger partial charge on any atom is -0.291 e. The first kappa shape index (κ1) is 22.7. The standard InChI is InChI=1S/C18H27N2O5/c1-2-3-4-5-6-8-12-17(19(22)23)14-11-15-18(20(24)25)13-9-7-10-16-21/h6,8,14-15H,2-5,7,9-13H2,1H3/b8-6+,17-14-,18-15-. The van der Waals surface area contributed by atoms with E-state index in [4.69, 9.17) is 0 Å². The average Bonchev–Trinajstić information content (AvgIpc) is 2.57. The summed E-state index contributed by atoms with van der Waals surface area (Å²) in [5.74, 6) is 0. The van der Waals surface area contributed by atoms with Crippen molar-refractivity contribution in [3.63, 3.8) is 0 Å². The largest absolute Gasteiger partial charge is 0.291 e. The van der Waals surface area contributed by atoms with Crippen LogP contribution in [0.1, 0.15) is 71.1 Å². The predicted molar refractivity (Wildman–Crippen MR) is 96.8 cm³/mol. The smallest absolute Gasteiger partial charge is 0.246 e. The van der Waals surface area contributed by atoms with Crippen molar-refractivity contribution in [1.29, 1.82) is 0 Å². The van der Waals surface area contributed by atoms with Crippen LogP contribution in [0, 0.1) is 20.2 Å². The van der Waals surface area contributed by atoms with E-state index in [2.05, 4.69) is 6.92 Å². The molecule has 139 valence electrons. The Morgan fingerprint density at radius 3 is 2.24 bits per heavy atom. The predicted octanol–water partition coefficient (Wildman–Crippen LogP) is 4.89. The summed E-state index contributed by atoms with van der Waals surface area (Å²) in [4.78, 5) is 31.2. The van der Waals surface area contributed by atoms with Gasteiger partial charge in [-0.05, 0) is 44.3 Å². The highest BCUT2D eigenvalue weighted by atomic mass is 16.6. The Bertz CT molecular complexity index is 510. The Kier molecular flexibility index (Phi) is 13.8. The van der Waals surface area contributed by atoms with Gasteiger partial charge in [-0.25, -0.2) is 0 Å². The Morgan fingerprint density at radius 2 is 1.64 bits per heavy atom. The van der Waals surface area contributed by atoms with Crippen molar-refractivity contribution in [3.8, 4) is 0 Å². The van der Waals surface area contributed by atoms with Gasteiger partial charge in [0.25, 0.3) is 0 Å². The molecule has 0 aromatic rings. The quantitative estimate of drug-likeness (QED) is 0.181. The minimum atomic E-state index is -0.474. The summed E-state index contributed by atoms with van der Waals surface area (Å²) < 4.78 is 0. The molecule has 1 radical (unpaired) electrons. The van der Waals surface area contributed by atoms with Crippen LogP contribution in [-0.2, 0) is 4.79 Å². The molecule has 7 heteroatoms. The number of hydrogen-bond donors (Lipinski definition) is 0. The van der Waals surface area contributed by atoms with Gasteiger partial charge in [0.1, 0.15) is 0 Å². The second-order valence-electron chi connectivity index (χ2n) is 5.66. The lowest BCUT2D eigenvalue weighted by Crippen LogP contribution is -2.00. The molecule has 0 aliphatic rings. The van der Waals surface area contributed by atoms with Gasteiger partial charge in [-0.3, -0.25) is 25.0 Å². The van der Waals surface area contributed by atoms with E-state index in [-0.39, 0.29) is 37.1 Å². The molecule has 0 fully saturated rings. The van der Waals surface area contributed by atoms with E-state index in [1.54, 1.807) is 12.4 Å². The molecule has 0 aromatic carbocycles. The molecule has 0 N–H and O–H groups in total. The highest BCUT2D eigenvalue weighted by molar-refractivity contribution is 5.50. The van der Waals surface area contributed by atoms with Crippen molar-refractivity contribution in [3.05, 3.63) is 55.9 Å². The molecule has 0 rings (SSSR count). The lowest BCUT2D eigenvalue weighted by atomic mass is 10.1. The second-order valence-corrected chi connectivity index (χ2v) is 5.66. The number of rotatable bonds is 15. The molecule has 0 heterocycles. The molecule has 0 amide bonds. The summed E-state index contributed by atoms with van der Waals surface area (Å²) >= 11 is 0. The highest BCUT2D eigenvalue weighted by Crippen LogP contribution is 2.12. The summed E-state index contributed by atoms with van der Waals surface area (Å²) in [6.07, 6.45) is 14.5. The molecule has 0 unspecified atom stereocenters. The molecular weight excluding hydrogens is 324 g/mol. The van der Waals surface area contributed by atoms with Crippen LogP contribution in [0.5, 0.6) is 0 Å². The van der Waals surface area contributed by atoms with Crippen LogP contribution >= 0.6 is 0 Å². The Balaban J connectivity index is 4.56. The molecule has 0 spiro atoms. The maximum atomic E-state index is 11.0. The van der Waals surface area contributed by atoms with Gasteiger partial charge in [0, 0.05) is 12.8 Å². The highest BCUT2D eigenvalue weighted by Gasteiger charge is 2.11. The average molecular weight is 351 g/mol. The Hall–Kier alpha value is -2.31. The zero-order valence-corrected chi connectivity index (χ0v) is 14.8. The monoisotopic (exact) mass is 351 g/mol. The third-order valence-electron chi connectivity index (χ3n) is 3.61. The summed E-state index contributed by atoms with van der Waals surface area (Å²) in [6, 6.07) is 0. The van der Waals surface area contributed by atoms with Crippen LogP contribution in [0.2, 0.25) is 0 Å². The topological polar surface area (TPSA) is 103 Å². The van der Waals surface area contributed by atoms with Crippen molar-refractivity contribution >= 4 is 6.29 Å². The molecule has 0 bridgehead atoms. The summed E-state index contributed by atoms with van der Waals surface area (Å²) in [6.45, 7) is 2.12. The Labute approximate surface area is 148 Å². The SMILES string of the molecule is CCCCC/C=C/C/C(=C/C/C=C(/CCCC[C]=O)[N+](=O)[O-])[N+](=O)[O-]. The fraction of sp³-hybridized carbons (Fsp3) is 0.611. The van der Waals surface area contributed by atoms with Crippen LogP contribution in [0.25, 0.3) is 0 Å². The van der Waals surface area contributed by atoms with Crippen LogP contribution in [0.3, 0.4) is 0 Å². The number of allylic oxidation sites excluding steroid dienone is 5. The molecule has 0 atom stereocenters. The number of nitrogens with zero attached hydrogens (tertiary/aromatic N) is 2. The van der Waals surface area contributed by atoms with Gasteiger partial charge in [-0.1, -0.05) is 31.9 Å². The van der Waals surface area contributed by atoms with Crippen LogP contribution in [-0.4, -0.2) is 16.1 Å². The van der Waals surface area contributed by atoms with Crippen molar-refractivity contribution in [2.24, 2.45) is 0 Å². The van der Waals surface area contributed by atoms with Gasteiger partial charge >= 0.3 is 0 Å². The lowest BCUT2D eigenvalue weighted by Gasteiger charge is -1.98. The minimum absolute atomic E-state index is 0.0277. The first-order valence-corrected chi connectivity index (χ1v) is 8.69. The third kappa shape index (κ3) is 12.7. The molecule has 0 aromatic heterocycles. The van der Waals surface area contributed by atoms with Gasteiger partial charge in [0.05, 0.1) is 16.3 Å². The van der Waals surface area contributed by atoms with E-state index in [1.807, 2.05) is 6.08 Å². The van der Waals surface area contributed by atoms with E-state index in [9.17, 15) is 25.0 Å². The number of hydrogen-bond acceptors (Lipinski definition) is 5. The molecule has 7 nitrogen and oxygen atoms in total. The zero-order valence-electron chi connectivity index (χ0n) is 14.8. The van der Waals surface area contributed by atoms with Gasteiger partial charge in [-0.2, -0.15) is 0 Å². The van der Waals surface area contributed by atoms with Gasteiger partial charge in [0.15, 0.2) is 6.29 Å². The molecule has 0 saturated carbocycles. The van der Waals surface area contributed by atoms with Crippen molar-refractivity contribution in [2.75, 3.05) is 0 Å². The fourth-order valence-electron chi connectivity index (χ4n) is 2.17. The summed E-state index contributed by atoms with van der Waals surface area (Å²) in [5, 5.41) is 22.0. The van der Waals surface area contributed by atoms with E-state index in [0.29, 0.717) is 12.8 Å². The maximum Gasteiger partial charge on any atom is 0.246 e. The zero-order chi connectivity index (χ0) is 18.9. The number of carbonyl (C=O) groups excluding carboxylic acids is 1. The van der Waals surface area contributed by atoms with Gasteiger partial charge < -0.3 is 0 Å². The first-order valence-electron chi connectivity index (χ1n) is 8.69. The van der Waals surface area contributed by atoms with E-state index in [0.717, 1.165) is 25.7 Å². The molecular formula is C18H27N2O5. The summed E-state index contributed by atoms with van der Waals surface area (Å²) in [7, 11) is 0. The van der Waals surface area contributed by atoms with Crippen molar-refractivity contribution in [2.45, 2.75) is 71.1 Å². The van der Waals surface area contributed by atoms with Gasteiger partial charge in [-0.15, -0.1) is 0 Å².